The van der Waals surface area contributed by atoms with E-state index in [0.29, 0.717) is 12.0 Å². The molecule has 1 aliphatic carbocycles. The SMILES string of the molecule is Cn1nc(C(F)(F)F)c2c1CCCC2. The Labute approximate surface area is 79.7 Å². The Morgan fingerprint density at radius 1 is 1.21 bits per heavy atom. The average molecular weight is 204 g/mol. The first kappa shape index (κ1) is 9.55. The molecule has 5 heteroatoms. The van der Waals surface area contributed by atoms with Crippen molar-refractivity contribution in [1.82, 2.24) is 9.78 Å². The van der Waals surface area contributed by atoms with Crippen LogP contribution in [0, 0.1) is 0 Å². The van der Waals surface area contributed by atoms with Crippen LogP contribution >= 0.6 is 0 Å². The van der Waals surface area contributed by atoms with E-state index in [9.17, 15) is 13.2 Å². The first-order chi connectivity index (χ1) is 6.50. The van der Waals surface area contributed by atoms with Crippen LogP contribution in [0.2, 0.25) is 0 Å². The van der Waals surface area contributed by atoms with E-state index in [2.05, 4.69) is 5.10 Å². The van der Waals surface area contributed by atoms with Crippen LogP contribution < -0.4 is 0 Å². The summed E-state index contributed by atoms with van der Waals surface area (Å²) in [6, 6.07) is 0. The van der Waals surface area contributed by atoms with Gasteiger partial charge in [0.2, 0.25) is 0 Å². The quantitative estimate of drug-likeness (QED) is 0.634. The minimum Gasteiger partial charge on any atom is -0.272 e. The minimum absolute atomic E-state index is 0.409. The van der Waals surface area contributed by atoms with Gasteiger partial charge < -0.3 is 0 Å². The molecule has 0 radical (unpaired) electrons. The predicted molar refractivity (Wildman–Crippen MR) is 44.9 cm³/mol. The summed E-state index contributed by atoms with van der Waals surface area (Å²) in [6.45, 7) is 0. The molecule has 78 valence electrons. The van der Waals surface area contributed by atoms with Crippen molar-refractivity contribution in [2.24, 2.45) is 7.05 Å². The third kappa shape index (κ3) is 1.40. The summed E-state index contributed by atoms with van der Waals surface area (Å²) >= 11 is 0. The largest absolute Gasteiger partial charge is 0.435 e. The fourth-order valence-electron chi connectivity index (χ4n) is 2.00. The Balaban J connectivity index is 2.52. The van der Waals surface area contributed by atoms with Gasteiger partial charge in [-0.25, -0.2) is 0 Å². The van der Waals surface area contributed by atoms with E-state index in [1.54, 1.807) is 7.05 Å². The van der Waals surface area contributed by atoms with Gasteiger partial charge in [-0.2, -0.15) is 18.3 Å². The highest BCUT2D eigenvalue weighted by molar-refractivity contribution is 5.30. The minimum atomic E-state index is -4.30. The fraction of sp³-hybridized carbons (Fsp3) is 0.667. The zero-order chi connectivity index (χ0) is 10.3. The van der Waals surface area contributed by atoms with Crippen LogP contribution in [0.3, 0.4) is 0 Å². The molecule has 2 rings (SSSR count). The van der Waals surface area contributed by atoms with Crippen LogP contribution in [0.5, 0.6) is 0 Å². The molecule has 0 bridgehead atoms. The van der Waals surface area contributed by atoms with Crippen molar-refractivity contribution in [3.63, 3.8) is 0 Å². The lowest BCUT2D eigenvalue weighted by atomic mass is 9.95. The second-order valence-corrected chi connectivity index (χ2v) is 3.60. The topological polar surface area (TPSA) is 17.8 Å². The number of halogens is 3. The van der Waals surface area contributed by atoms with Crippen LogP contribution in [-0.4, -0.2) is 9.78 Å². The Bertz CT molecular complexity index is 352. The summed E-state index contributed by atoms with van der Waals surface area (Å²) in [5, 5.41) is 3.56. The lowest BCUT2D eigenvalue weighted by molar-refractivity contribution is -0.142. The average Bonchev–Trinajstić information content (AvgIpc) is 2.44. The highest BCUT2D eigenvalue weighted by Crippen LogP contribution is 2.35. The second-order valence-electron chi connectivity index (χ2n) is 3.60. The fourth-order valence-corrected chi connectivity index (χ4v) is 2.00. The zero-order valence-electron chi connectivity index (χ0n) is 7.86. The van der Waals surface area contributed by atoms with Crippen LogP contribution in [-0.2, 0) is 26.1 Å². The molecule has 0 saturated heterocycles. The number of hydrogen-bond acceptors (Lipinski definition) is 1. The molecule has 0 unspecified atom stereocenters. The standard InChI is InChI=1S/C9H11F3N2/c1-14-7-5-3-2-4-6(7)8(13-14)9(10,11)12/h2-5H2,1H3. The molecule has 1 aliphatic rings. The maximum atomic E-state index is 12.5. The lowest BCUT2D eigenvalue weighted by Gasteiger charge is -2.13. The van der Waals surface area contributed by atoms with Gasteiger partial charge in [-0.05, 0) is 25.7 Å². The molecule has 0 N–H and O–H groups in total. The van der Waals surface area contributed by atoms with Crippen molar-refractivity contribution in [3.05, 3.63) is 17.0 Å². The third-order valence-electron chi connectivity index (χ3n) is 2.63. The molecule has 1 aromatic heterocycles. The van der Waals surface area contributed by atoms with E-state index in [4.69, 9.17) is 0 Å². The maximum absolute atomic E-state index is 12.5. The number of aromatic nitrogens is 2. The molecular weight excluding hydrogens is 193 g/mol. The van der Waals surface area contributed by atoms with Gasteiger partial charge in [-0.15, -0.1) is 0 Å². The molecule has 0 fully saturated rings. The molecule has 0 aromatic carbocycles. The van der Waals surface area contributed by atoms with Crippen LogP contribution in [0.25, 0.3) is 0 Å². The summed E-state index contributed by atoms with van der Waals surface area (Å²) in [4.78, 5) is 0. The smallest absolute Gasteiger partial charge is 0.272 e. The van der Waals surface area contributed by atoms with Crippen molar-refractivity contribution >= 4 is 0 Å². The van der Waals surface area contributed by atoms with Crippen molar-refractivity contribution in [3.8, 4) is 0 Å². The van der Waals surface area contributed by atoms with Crippen LogP contribution in [0.15, 0.2) is 0 Å². The molecule has 1 heterocycles. The van der Waals surface area contributed by atoms with Gasteiger partial charge in [0.15, 0.2) is 5.69 Å². The van der Waals surface area contributed by atoms with E-state index in [-0.39, 0.29) is 0 Å². The van der Waals surface area contributed by atoms with E-state index in [1.165, 1.54) is 4.68 Å². The molecule has 14 heavy (non-hydrogen) atoms. The number of hydrogen-bond donors (Lipinski definition) is 0. The summed E-state index contributed by atoms with van der Waals surface area (Å²) in [6.07, 6.45) is -1.28. The van der Waals surface area contributed by atoms with E-state index >= 15 is 0 Å². The van der Waals surface area contributed by atoms with Gasteiger partial charge in [0.1, 0.15) is 0 Å². The first-order valence-corrected chi connectivity index (χ1v) is 4.62. The molecular formula is C9H11F3N2. The van der Waals surface area contributed by atoms with Crippen molar-refractivity contribution in [2.75, 3.05) is 0 Å². The maximum Gasteiger partial charge on any atom is 0.435 e. The van der Waals surface area contributed by atoms with Crippen molar-refractivity contribution in [2.45, 2.75) is 31.9 Å². The van der Waals surface area contributed by atoms with E-state index in [1.807, 2.05) is 0 Å². The third-order valence-corrected chi connectivity index (χ3v) is 2.63. The summed E-state index contributed by atoms with van der Waals surface area (Å²) in [7, 11) is 1.58. The summed E-state index contributed by atoms with van der Waals surface area (Å²) in [5.41, 5.74) is 0.476. The second kappa shape index (κ2) is 3.00. The number of rotatable bonds is 0. The molecule has 0 amide bonds. The molecule has 2 nitrogen and oxygen atoms in total. The number of nitrogens with zero attached hydrogens (tertiary/aromatic N) is 2. The zero-order valence-corrected chi connectivity index (χ0v) is 7.86. The number of fused-ring (bicyclic) bond motifs is 1. The number of aryl methyl sites for hydroxylation is 1. The Hall–Kier alpha value is -1.00. The Morgan fingerprint density at radius 2 is 1.86 bits per heavy atom. The molecule has 1 aromatic rings. The summed E-state index contributed by atoms with van der Waals surface area (Å²) in [5.74, 6) is 0. The van der Waals surface area contributed by atoms with Crippen LogP contribution in [0.1, 0.15) is 29.8 Å². The lowest BCUT2D eigenvalue weighted by Crippen LogP contribution is -2.11. The van der Waals surface area contributed by atoms with Crippen molar-refractivity contribution < 1.29 is 13.2 Å². The highest BCUT2D eigenvalue weighted by atomic mass is 19.4. The predicted octanol–water partition coefficient (Wildman–Crippen LogP) is 2.32. The Kier molecular flexibility index (Phi) is 2.05. The van der Waals surface area contributed by atoms with Crippen molar-refractivity contribution in [1.29, 1.82) is 0 Å². The van der Waals surface area contributed by atoms with Gasteiger partial charge in [0.25, 0.3) is 0 Å². The van der Waals surface area contributed by atoms with Gasteiger partial charge in [0.05, 0.1) is 0 Å². The Morgan fingerprint density at radius 3 is 2.50 bits per heavy atom. The van der Waals surface area contributed by atoms with E-state index < -0.39 is 11.9 Å². The van der Waals surface area contributed by atoms with Gasteiger partial charge in [-0.1, -0.05) is 0 Å². The van der Waals surface area contributed by atoms with Crippen LogP contribution in [0.4, 0.5) is 13.2 Å². The number of alkyl halides is 3. The monoisotopic (exact) mass is 204 g/mol. The molecule has 0 spiro atoms. The molecule has 0 atom stereocenters. The van der Waals surface area contributed by atoms with Gasteiger partial charge in [-0.3, -0.25) is 4.68 Å². The normalized spacial score (nSPS) is 16.9. The first-order valence-electron chi connectivity index (χ1n) is 4.62. The highest BCUT2D eigenvalue weighted by Gasteiger charge is 2.38. The molecule has 0 aliphatic heterocycles. The molecule has 0 saturated carbocycles. The van der Waals surface area contributed by atoms with Gasteiger partial charge in [0, 0.05) is 18.3 Å². The summed E-state index contributed by atoms with van der Waals surface area (Å²) < 4.78 is 38.9. The van der Waals surface area contributed by atoms with Gasteiger partial charge >= 0.3 is 6.18 Å². The van der Waals surface area contributed by atoms with E-state index in [0.717, 1.165) is 25.0 Å².